The minimum atomic E-state index is -0.105. The normalized spacial score (nSPS) is 13.6. The summed E-state index contributed by atoms with van der Waals surface area (Å²) in [7, 11) is 0. The molecular weight excluding hydrogens is 480 g/mol. The number of fused-ring (bicyclic) bond motifs is 1. The van der Waals surface area contributed by atoms with Crippen molar-refractivity contribution in [2.75, 3.05) is 11.9 Å². The number of aliphatic imine (C=N–C) groups is 1. The molecule has 2 N–H and O–H groups in total. The predicted molar refractivity (Wildman–Crippen MR) is 154 cm³/mol. The van der Waals surface area contributed by atoms with Crippen molar-refractivity contribution in [1.82, 2.24) is 0 Å². The Morgan fingerprint density at radius 3 is 2.73 bits per heavy atom. The molecule has 194 valence electrons. The van der Waals surface area contributed by atoms with Crippen LogP contribution >= 0.6 is 11.3 Å². The highest BCUT2D eigenvalue weighted by Crippen LogP contribution is 2.40. The number of phenols is 1. The van der Waals surface area contributed by atoms with Crippen LogP contribution in [0.25, 0.3) is 0 Å². The van der Waals surface area contributed by atoms with Gasteiger partial charge in [0, 0.05) is 22.3 Å². The van der Waals surface area contributed by atoms with Crippen LogP contribution in [-0.2, 0) is 19.3 Å². The van der Waals surface area contributed by atoms with Crippen molar-refractivity contribution in [2.24, 2.45) is 4.99 Å². The number of ether oxygens (including phenoxy) is 1. The fourth-order valence-corrected chi connectivity index (χ4v) is 6.01. The average molecular weight is 517 g/mol. The monoisotopic (exact) mass is 516 g/mol. The number of carbonyl (C=O) groups is 1. The summed E-state index contributed by atoms with van der Waals surface area (Å²) in [4.78, 5) is 19.8. The molecule has 0 fully saturated rings. The molecule has 0 saturated carbocycles. The number of nitrogens with one attached hydrogen (secondary N) is 1. The minimum absolute atomic E-state index is 0.105. The number of hydrogen-bond donors (Lipinski definition) is 2. The summed E-state index contributed by atoms with van der Waals surface area (Å²) in [6.07, 6.45) is 10.5. The molecule has 3 aromatic rings. The maximum Gasteiger partial charge on any atom is 0.259 e. The average Bonchev–Trinajstić information content (AvgIpc) is 3.19. The first-order valence-corrected chi connectivity index (χ1v) is 13.9. The van der Waals surface area contributed by atoms with Crippen LogP contribution in [-0.4, -0.2) is 23.8 Å². The summed E-state index contributed by atoms with van der Waals surface area (Å²) < 4.78 is 5.65. The van der Waals surface area contributed by atoms with Gasteiger partial charge in [-0.1, -0.05) is 31.1 Å². The second-order valence-corrected chi connectivity index (χ2v) is 10.6. The van der Waals surface area contributed by atoms with Crippen molar-refractivity contribution in [3.8, 4) is 11.5 Å². The van der Waals surface area contributed by atoms with E-state index in [-0.39, 0.29) is 11.7 Å². The van der Waals surface area contributed by atoms with Crippen LogP contribution in [0.5, 0.6) is 11.5 Å². The molecule has 0 unspecified atom stereocenters. The number of anilines is 1. The smallest absolute Gasteiger partial charge is 0.259 e. The standard InChI is InChI=1S/C31H36N2O3S/c1-5-12-23-17-22(18-26(29(23)34)36-6-2)19-32-31-28(24-14-9-7-8-10-16-27(24)37-31)30(35)33-25-15-11-13-20(3)21(25)4/h5,11,13,15,17-19,34H,1,6-10,12,14,16H2,2-4H3,(H,33,35). The van der Waals surface area contributed by atoms with Gasteiger partial charge in [-0.15, -0.1) is 17.9 Å². The topological polar surface area (TPSA) is 70.9 Å². The van der Waals surface area contributed by atoms with E-state index >= 15 is 0 Å². The van der Waals surface area contributed by atoms with E-state index in [9.17, 15) is 9.90 Å². The van der Waals surface area contributed by atoms with E-state index in [4.69, 9.17) is 9.73 Å². The van der Waals surface area contributed by atoms with E-state index in [0.29, 0.717) is 24.3 Å². The highest BCUT2D eigenvalue weighted by atomic mass is 32.1. The molecule has 4 rings (SSSR count). The SMILES string of the molecule is C=CCc1cc(C=Nc2sc3c(c2C(=O)Nc2cccc(C)c2C)CCCCCC3)cc(OCC)c1O. The third-order valence-electron chi connectivity index (χ3n) is 6.90. The maximum absolute atomic E-state index is 13.7. The number of phenolic OH excluding ortho intramolecular Hbond substituents is 1. The number of thiophene rings is 1. The molecule has 1 heterocycles. The van der Waals surface area contributed by atoms with Gasteiger partial charge in [0.05, 0.1) is 12.2 Å². The second kappa shape index (κ2) is 12.2. The Labute approximate surface area is 223 Å². The first kappa shape index (κ1) is 26.7. The molecule has 1 aliphatic rings. The van der Waals surface area contributed by atoms with Crippen LogP contribution in [0.15, 0.2) is 48.0 Å². The van der Waals surface area contributed by atoms with Gasteiger partial charge in [0.15, 0.2) is 11.5 Å². The van der Waals surface area contributed by atoms with E-state index in [2.05, 4.69) is 24.9 Å². The number of aromatic hydroxyl groups is 1. The summed E-state index contributed by atoms with van der Waals surface area (Å²) in [6.45, 7) is 10.2. The van der Waals surface area contributed by atoms with E-state index in [0.717, 1.165) is 64.2 Å². The number of amides is 1. The highest BCUT2D eigenvalue weighted by molar-refractivity contribution is 7.16. The molecule has 5 nitrogen and oxygen atoms in total. The molecule has 0 saturated heterocycles. The van der Waals surface area contributed by atoms with Crippen molar-refractivity contribution < 1.29 is 14.6 Å². The maximum atomic E-state index is 13.7. The summed E-state index contributed by atoms with van der Waals surface area (Å²) >= 11 is 1.63. The largest absolute Gasteiger partial charge is 0.504 e. The Morgan fingerprint density at radius 1 is 1.19 bits per heavy atom. The number of carbonyl (C=O) groups excluding carboxylic acids is 1. The molecule has 37 heavy (non-hydrogen) atoms. The number of hydrogen-bond acceptors (Lipinski definition) is 5. The van der Waals surface area contributed by atoms with Gasteiger partial charge in [0.1, 0.15) is 5.00 Å². The number of allylic oxidation sites excluding steroid dienone is 1. The number of rotatable bonds is 8. The fraction of sp³-hybridized carbons (Fsp3) is 0.355. The minimum Gasteiger partial charge on any atom is -0.504 e. The zero-order valence-corrected chi connectivity index (χ0v) is 22.8. The van der Waals surface area contributed by atoms with Crippen LogP contribution in [0, 0.1) is 13.8 Å². The first-order valence-electron chi connectivity index (χ1n) is 13.1. The lowest BCUT2D eigenvalue weighted by molar-refractivity contribution is 0.102. The van der Waals surface area contributed by atoms with E-state index < -0.39 is 0 Å². The predicted octanol–water partition coefficient (Wildman–Crippen LogP) is 7.86. The van der Waals surface area contributed by atoms with Crippen LogP contribution in [0.1, 0.15) is 75.7 Å². The molecule has 0 radical (unpaired) electrons. The molecule has 0 aliphatic heterocycles. The van der Waals surface area contributed by atoms with Gasteiger partial charge in [-0.25, -0.2) is 4.99 Å². The van der Waals surface area contributed by atoms with Gasteiger partial charge in [-0.2, -0.15) is 0 Å². The van der Waals surface area contributed by atoms with Crippen LogP contribution < -0.4 is 10.1 Å². The Kier molecular flexibility index (Phi) is 8.82. The molecule has 1 aliphatic carbocycles. The first-order chi connectivity index (χ1) is 17.9. The van der Waals surface area contributed by atoms with Gasteiger partial charge in [-0.05, 0) is 93.3 Å². The van der Waals surface area contributed by atoms with Crippen LogP contribution in [0.2, 0.25) is 0 Å². The summed E-state index contributed by atoms with van der Waals surface area (Å²) in [5, 5.41) is 14.5. The van der Waals surface area contributed by atoms with E-state index in [1.54, 1.807) is 29.7 Å². The van der Waals surface area contributed by atoms with Gasteiger partial charge in [0.25, 0.3) is 5.91 Å². The molecule has 0 spiro atoms. The van der Waals surface area contributed by atoms with Gasteiger partial charge < -0.3 is 15.2 Å². The Morgan fingerprint density at radius 2 is 1.97 bits per heavy atom. The Bertz CT molecular complexity index is 1320. The van der Waals surface area contributed by atoms with Crippen molar-refractivity contribution in [3.05, 3.63) is 81.2 Å². The Balaban J connectivity index is 1.75. The number of aryl methyl sites for hydroxylation is 2. The van der Waals surface area contributed by atoms with Gasteiger partial charge in [-0.3, -0.25) is 4.79 Å². The van der Waals surface area contributed by atoms with Crippen molar-refractivity contribution in [1.29, 1.82) is 0 Å². The third kappa shape index (κ3) is 6.13. The Hall–Kier alpha value is -3.38. The fourth-order valence-electron chi connectivity index (χ4n) is 4.77. The highest BCUT2D eigenvalue weighted by Gasteiger charge is 2.24. The van der Waals surface area contributed by atoms with E-state index in [1.165, 1.54) is 17.7 Å². The summed E-state index contributed by atoms with van der Waals surface area (Å²) in [6, 6.07) is 9.65. The third-order valence-corrected chi connectivity index (χ3v) is 8.10. The quantitative estimate of drug-likeness (QED) is 0.236. The lowest BCUT2D eigenvalue weighted by Gasteiger charge is -2.13. The molecule has 0 atom stereocenters. The molecule has 1 aromatic heterocycles. The van der Waals surface area contributed by atoms with Gasteiger partial charge in [0.2, 0.25) is 0 Å². The molecular formula is C31H36N2O3S. The van der Waals surface area contributed by atoms with Crippen molar-refractivity contribution in [2.45, 2.75) is 65.7 Å². The van der Waals surface area contributed by atoms with Crippen LogP contribution in [0.4, 0.5) is 10.7 Å². The zero-order valence-electron chi connectivity index (χ0n) is 22.0. The lowest BCUT2D eigenvalue weighted by atomic mass is 9.96. The van der Waals surface area contributed by atoms with Crippen molar-refractivity contribution >= 4 is 34.1 Å². The molecule has 0 bridgehead atoms. The molecule has 6 heteroatoms. The summed E-state index contributed by atoms with van der Waals surface area (Å²) in [5.74, 6) is 0.452. The molecule has 1 amide bonds. The van der Waals surface area contributed by atoms with E-state index in [1.807, 2.05) is 32.0 Å². The summed E-state index contributed by atoms with van der Waals surface area (Å²) in [5.41, 5.74) is 6.42. The second-order valence-electron chi connectivity index (χ2n) is 9.51. The number of nitrogens with zero attached hydrogens (tertiary/aromatic N) is 1. The molecule has 2 aromatic carbocycles. The van der Waals surface area contributed by atoms with Crippen LogP contribution in [0.3, 0.4) is 0 Å². The van der Waals surface area contributed by atoms with Gasteiger partial charge >= 0.3 is 0 Å². The zero-order chi connectivity index (χ0) is 26.4. The lowest BCUT2D eigenvalue weighted by Crippen LogP contribution is -2.15. The number of benzene rings is 2. The van der Waals surface area contributed by atoms with Crippen molar-refractivity contribution in [3.63, 3.8) is 0 Å².